The van der Waals surface area contributed by atoms with E-state index < -0.39 is 11.7 Å². The molecule has 8 heteroatoms. The van der Waals surface area contributed by atoms with Gasteiger partial charge in [-0.1, -0.05) is 0 Å². The van der Waals surface area contributed by atoms with E-state index in [1.54, 1.807) is 12.4 Å². The fourth-order valence-corrected chi connectivity index (χ4v) is 2.59. The number of fused-ring (bicyclic) bond motifs is 1. The molecule has 0 aliphatic heterocycles. The van der Waals surface area contributed by atoms with Crippen LogP contribution in [0.3, 0.4) is 0 Å². The molecule has 23 heavy (non-hydrogen) atoms. The van der Waals surface area contributed by atoms with Gasteiger partial charge >= 0.3 is 0 Å². The van der Waals surface area contributed by atoms with E-state index >= 15 is 0 Å². The Morgan fingerprint density at radius 3 is 3.00 bits per heavy atom. The third kappa shape index (κ3) is 2.37. The van der Waals surface area contributed by atoms with E-state index in [1.807, 2.05) is 6.07 Å². The summed E-state index contributed by atoms with van der Waals surface area (Å²) in [5.41, 5.74) is 7.84. The molecule has 0 atom stereocenters. The van der Waals surface area contributed by atoms with Gasteiger partial charge in [0, 0.05) is 6.20 Å². The van der Waals surface area contributed by atoms with E-state index in [9.17, 15) is 9.18 Å². The van der Waals surface area contributed by atoms with Crippen molar-refractivity contribution in [1.29, 1.82) is 0 Å². The fraction of sp³-hybridized carbons (Fsp3) is 0.200. The summed E-state index contributed by atoms with van der Waals surface area (Å²) in [4.78, 5) is 20.5. The Hall–Kier alpha value is -3.03. The SMILES string of the molecule is Nc1nn2cc(F)cnc2c1C(=O)Nc1cnccc1C1CC1. The Labute approximate surface area is 130 Å². The van der Waals surface area contributed by atoms with Gasteiger partial charge in [0.1, 0.15) is 5.56 Å². The first-order valence-electron chi connectivity index (χ1n) is 7.18. The molecule has 3 aromatic rings. The smallest absolute Gasteiger partial charge is 0.263 e. The summed E-state index contributed by atoms with van der Waals surface area (Å²) in [5.74, 6) is -0.541. The Balaban J connectivity index is 1.71. The first-order valence-corrected chi connectivity index (χ1v) is 7.18. The molecule has 116 valence electrons. The zero-order valence-electron chi connectivity index (χ0n) is 12.0. The topological polar surface area (TPSA) is 98.2 Å². The lowest BCUT2D eigenvalue weighted by molar-refractivity contribution is 0.102. The number of hydrogen-bond donors (Lipinski definition) is 2. The molecule has 3 aromatic heterocycles. The van der Waals surface area contributed by atoms with Crippen molar-refractivity contribution in [2.24, 2.45) is 0 Å². The van der Waals surface area contributed by atoms with Gasteiger partial charge in [0.15, 0.2) is 17.3 Å². The highest BCUT2D eigenvalue weighted by Gasteiger charge is 2.27. The predicted octanol–water partition coefficient (Wildman–Crippen LogP) is 1.98. The molecule has 4 rings (SSSR count). The molecule has 0 bridgehead atoms. The molecule has 0 saturated heterocycles. The van der Waals surface area contributed by atoms with Crippen LogP contribution in [0, 0.1) is 5.82 Å². The van der Waals surface area contributed by atoms with Crippen molar-refractivity contribution in [2.45, 2.75) is 18.8 Å². The number of carbonyl (C=O) groups is 1. The highest BCUT2D eigenvalue weighted by molar-refractivity contribution is 6.11. The molecule has 0 unspecified atom stereocenters. The lowest BCUT2D eigenvalue weighted by Crippen LogP contribution is -2.15. The monoisotopic (exact) mass is 312 g/mol. The van der Waals surface area contributed by atoms with Crippen LogP contribution in [0.5, 0.6) is 0 Å². The van der Waals surface area contributed by atoms with E-state index in [2.05, 4.69) is 20.4 Å². The Kier molecular flexibility index (Phi) is 2.97. The molecule has 7 nitrogen and oxygen atoms in total. The number of amides is 1. The van der Waals surface area contributed by atoms with Gasteiger partial charge in [0.05, 0.1) is 24.3 Å². The van der Waals surface area contributed by atoms with Crippen molar-refractivity contribution >= 4 is 23.1 Å². The van der Waals surface area contributed by atoms with Gasteiger partial charge in [-0.3, -0.25) is 9.78 Å². The number of pyridine rings is 1. The van der Waals surface area contributed by atoms with Crippen LogP contribution < -0.4 is 11.1 Å². The number of carbonyl (C=O) groups excluding carboxylic acids is 1. The summed E-state index contributed by atoms with van der Waals surface area (Å²) < 4.78 is 14.4. The Morgan fingerprint density at radius 2 is 2.22 bits per heavy atom. The molecule has 0 spiro atoms. The average molecular weight is 312 g/mol. The van der Waals surface area contributed by atoms with Gasteiger partial charge in [-0.2, -0.15) is 0 Å². The molecule has 3 N–H and O–H groups in total. The Bertz CT molecular complexity index is 917. The lowest BCUT2D eigenvalue weighted by atomic mass is 10.1. The number of nitrogen functional groups attached to an aromatic ring is 1. The third-order valence-corrected chi connectivity index (χ3v) is 3.82. The average Bonchev–Trinajstić information content (AvgIpc) is 3.30. The molecule has 1 fully saturated rings. The number of nitrogens with one attached hydrogen (secondary N) is 1. The molecule has 0 radical (unpaired) electrons. The molecule has 1 amide bonds. The van der Waals surface area contributed by atoms with Crippen LogP contribution in [-0.4, -0.2) is 25.5 Å². The number of nitrogens with zero attached hydrogens (tertiary/aromatic N) is 4. The van der Waals surface area contributed by atoms with Crippen LogP contribution in [0.1, 0.15) is 34.7 Å². The number of nitrogens with two attached hydrogens (primary N) is 1. The van der Waals surface area contributed by atoms with E-state index in [-0.39, 0.29) is 17.0 Å². The number of aromatic nitrogens is 4. The normalized spacial score (nSPS) is 14.1. The van der Waals surface area contributed by atoms with Crippen LogP contribution in [0.25, 0.3) is 5.65 Å². The van der Waals surface area contributed by atoms with Crippen molar-refractivity contribution in [3.05, 3.63) is 47.8 Å². The Morgan fingerprint density at radius 1 is 1.39 bits per heavy atom. The van der Waals surface area contributed by atoms with E-state index in [1.165, 1.54) is 0 Å². The summed E-state index contributed by atoms with van der Waals surface area (Å²) >= 11 is 0. The molecule has 0 aromatic carbocycles. The first-order chi connectivity index (χ1) is 11.1. The highest BCUT2D eigenvalue weighted by Crippen LogP contribution is 2.43. The largest absolute Gasteiger partial charge is 0.381 e. The second kappa shape index (κ2) is 5.01. The molecule has 1 saturated carbocycles. The van der Waals surface area contributed by atoms with E-state index in [0.29, 0.717) is 11.6 Å². The van der Waals surface area contributed by atoms with Crippen molar-refractivity contribution in [3.8, 4) is 0 Å². The zero-order valence-corrected chi connectivity index (χ0v) is 12.0. The quantitative estimate of drug-likeness (QED) is 0.770. The summed E-state index contributed by atoms with van der Waals surface area (Å²) in [6.07, 6.45) is 7.67. The van der Waals surface area contributed by atoms with Crippen molar-refractivity contribution in [3.63, 3.8) is 0 Å². The zero-order chi connectivity index (χ0) is 16.0. The van der Waals surface area contributed by atoms with Gasteiger partial charge in [-0.05, 0) is 30.4 Å². The van der Waals surface area contributed by atoms with Gasteiger partial charge < -0.3 is 11.1 Å². The molecular formula is C15H13FN6O. The molecule has 3 heterocycles. The maximum Gasteiger partial charge on any atom is 0.263 e. The van der Waals surface area contributed by atoms with Crippen LogP contribution in [0.2, 0.25) is 0 Å². The predicted molar refractivity (Wildman–Crippen MR) is 81.5 cm³/mol. The van der Waals surface area contributed by atoms with Crippen molar-refractivity contribution < 1.29 is 9.18 Å². The van der Waals surface area contributed by atoms with E-state index in [0.717, 1.165) is 35.3 Å². The minimum atomic E-state index is -0.560. The number of rotatable bonds is 3. The second-order valence-corrected chi connectivity index (χ2v) is 5.49. The maximum absolute atomic E-state index is 13.2. The van der Waals surface area contributed by atoms with Crippen LogP contribution >= 0.6 is 0 Å². The third-order valence-electron chi connectivity index (χ3n) is 3.82. The molecular weight excluding hydrogens is 299 g/mol. The molecule has 1 aliphatic carbocycles. The summed E-state index contributed by atoms with van der Waals surface area (Å²) in [6, 6.07) is 1.90. The van der Waals surface area contributed by atoms with Gasteiger partial charge in [0.25, 0.3) is 5.91 Å². The molecule has 1 aliphatic rings. The standard InChI is InChI=1S/C15H13FN6O/c16-9-5-19-14-12(13(17)21-22(14)7-9)15(23)20-11-6-18-4-3-10(11)8-1-2-8/h3-8H,1-2H2,(H2,17,21)(H,20,23). The fourth-order valence-electron chi connectivity index (χ4n) is 2.59. The van der Waals surface area contributed by atoms with Gasteiger partial charge in [-0.25, -0.2) is 13.9 Å². The summed E-state index contributed by atoms with van der Waals surface area (Å²) in [5, 5.41) is 6.74. The van der Waals surface area contributed by atoms with Gasteiger partial charge in [-0.15, -0.1) is 5.10 Å². The highest BCUT2D eigenvalue weighted by atomic mass is 19.1. The second-order valence-electron chi connectivity index (χ2n) is 5.49. The summed E-state index contributed by atoms with van der Waals surface area (Å²) in [6.45, 7) is 0. The van der Waals surface area contributed by atoms with Crippen LogP contribution in [0.4, 0.5) is 15.9 Å². The van der Waals surface area contributed by atoms with E-state index in [4.69, 9.17) is 5.73 Å². The number of anilines is 2. The first kappa shape index (κ1) is 13.6. The minimum absolute atomic E-state index is 0.00235. The summed E-state index contributed by atoms with van der Waals surface area (Å²) in [7, 11) is 0. The van der Waals surface area contributed by atoms with Crippen molar-refractivity contribution in [2.75, 3.05) is 11.1 Å². The van der Waals surface area contributed by atoms with Crippen LogP contribution in [0.15, 0.2) is 30.9 Å². The lowest BCUT2D eigenvalue weighted by Gasteiger charge is -2.09. The minimum Gasteiger partial charge on any atom is -0.381 e. The number of halogens is 1. The van der Waals surface area contributed by atoms with Crippen LogP contribution in [-0.2, 0) is 0 Å². The maximum atomic E-state index is 13.2. The number of hydrogen-bond acceptors (Lipinski definition) is 5. The van der Waals surface area contributed by atoms with Gasteiger partial charge in [0.2, 0.25) is 0 Å². The van der Waals surface area contributed by atoms with Crippen molar-refractivity contribution in [1.82, 2.24) is 19.6 Å².